The van der Waals surface area contributed by atoms with Crippen molar-refractivity contribution in [2.45, 2.75) is 30.9 Å². The van der Waals surface area contributed by atoms with Crippen LogP contribution in [-0.2, 0) is 7.05 Å². The van der Waals surface area contributed by atoms with Gasteiger partial charge >= 0.3 is 0 Å². The summed E-state index contributed by atoms with van der Waals surface area (Å²) >= 11 is 1.54. The largest absolute Gasteiger partial charge is 0.293 e. The number of aryl methyl sites for hydroxylation is 3. The fourth-order valence-corrected chi connectivity index (χ4v) is 2.82. The van der Waals surface area contributed by atoms with E-state index in [4.69, 9.17) is 0 Å². The number of Topliss-reactive ketones (excluding diaryl/α,β-unsaturated/α-hetero) is 1. The number of hydrogen-bond donors (Lipinski definition) is 0. The van der Waals surface area contributed by atoms with E-state index in [9.17, 15) is 4.79 Å². The predicted octanol–water partition coefficient (Wildman–Crippen LogP) is 3.40. The minimum absolute atomic E-state index is 0.105. The molecule has 4 heteroatoms. The molecule has 19 heavy (non-hydrogen) atoms. The normalized spacial score (nSPS) is 12.4. The Morgan fingerprint density at radius 3 is 2.63 bits per heavy atom. The number of nitrogens with zero attached hydrogens (tertiary/aromatic N) is 2. The summed E-state index contributed by atoms with van der Waals surface area (Å²) in [6.45, 7) is 6.03. The molecule has 0 fully saturated rings. The summed E-state index contributed by atoms with van der Waals surface area (Å²) in [7, 11) is 1.87. The van der Waals surface area contributed by atoms with Crippen LogP contribution in [-0.4, -0.2) is 20.8 Å². The van der Waals surface area contributed by atoms with Crippen LogP contribution < -0.4 is 0 Å². The minimum Gasteiger partial charge on any atom is -0.293 e. The van der Waals surface area contributed by atoms with Crippen LogP contribution in [0.2, 0.25) is 0 Å². The average molecular weight is 274 g/mol. The zero-order valence-electron chi connectivity index (χ0n) is 11.7. The lowest BCUT2D eigenvalue weighted by atomic mass is 10.0. The van der Waals surface area contributed by atoms with E-state index in [2.05, 4.69) is 12.0 Å². The first-order valence-electron chi connectivity index (χ1n) is 6.24. The summed E-state index contributed by atoms with van der Waals surface area (Å²) < 4.78 is 1.75. The van der Waals surface area contributed by atoms with Crippen molar-refractivity contribution in [3.63, 3.8) is 0 Å². The quantitative estimate of drug-likeness (QED) is 0.633. The van der Waals surface area contributed by atoms with Crippen molar-refractivity contribution in [2.75, 3.05) is 0 Å². The van der Waals surface area contributed by atoms with E-state index in [0.29, 0.717) is 0 Å². The number of carbonyl (C=O) groups is 1. The molecule has 0 saturated heterocycles. The maximum Gasteiger partial charge on any atom is 0.175 e. The van der Waals surface area contributed by atoms with Gasteiger partial charge in [0.1, 0.15) is 0 Å². The van der Waals surface area contributed by atoms with E-state index >= 15 is 0 Å². The van der Waals surface area contributed by atoms with Gasteiger partial charge in [0.25, 0.3) is 0 Å². The number of thioether (sulfide) groups is 1. The molecule has 1 unspecified atom stereocenters. The molecule has 0 radical (unpaired) electrons. The second-order valence-electron chi connectivity index (χ2n) is 4.77. The zero-order chi connectivity index (χ0) is 14.0. The topological polar surface area (TPSA) is 34.9 Å². The van der Waals surface area contributed by atoms with Crippen LogP contribution >= 0.6 is 11.8 Å². The van der Waals surface area contributed by atoms with Crippen molar-refractivity contribution in [1.82, 2.24) is 9.78 Å². The van der Waals surface area contributed by atoms with E-state index in [1.807, 2.05) is 45.3 Å². The molecule has 3 nitrogen and oxygen atoms in total. The highest BCUT2D eigenvalue weighted by Gasteiger charge is 2.17. The molecule has 1 aromatic carbocycles. The third-order valence-electron chi connectivity index (χ3n) is 3.15. The van der Waals surface area contributed by atoms with Crippen LogP contribution in [0.4, 0.5) is 0 Å². The van der Waals surface area contributed by atoms with E-state index in [-0.39, 0.29) is 11.0 Å². The Morgan fingerprint density at radius 1 is 1.32 bits per heavy atom. The molecule has 1 atom stereocenters. The molecular weight excluding hydrogens is 256 g/mol. The Labute approximate surface area is 118 Å². The van der Waals surface area contributed by atoms with Crippen LogP contribution in [0.1, 0.15) is 28.4 Å². The van der Waals surface area contributed by atoms with Gasteiger partial charge in [-0.1, -0.05) is 12.1 Å². The summed E-state index contributed by atoms with van der Waals surface area (Å²) in [5.74, 6) is 0.164. The molecule has 0 saturated carbocycles. The van der Waals surface area contributed by atoms with Gasteiger partial charge in [-0.05, 0) is 38.0 Å². The van der Waals surface area contributed by atoms with Crippen molar-refractivity contribution in [1.29, 1.82) is 0 Å². The molecule has 1 aromatic heterocycles. The smallest absolute Gasteiger partial charge is 0.175 e. The first-order chi connectivity index (χ1) is 8.97. The lowest BCUT2D eigenvalue weighted by Crippen LogP contribution is -2.13. The summed E-state index contributed by atoms with van der Waals surface area (Å²) in [5.41, 5.74) is 3.15. The second-order valence-corrected chi connectivity index (χ2v) is 6.19. The summed E-state index contributed by atoms with van der Waals surface area (Å²) in [6.07, 6.45) is 3.71. The van der Waals surface area contributed by atoms with E-state index in [1.54, 1.807) is 22.6 Å². The lowest BCUT2D eigenvalue weighted by molar-refractivity contribution is 0.0994. The summed E-state index contributed by atoms with van der Waals surface area (Å²) in [5, 5.41) is 4.01. The molecule has 0 aliphatic carbocycles. The van der Waals surface area contributed by atoms with Gasteiger partial charge in [-0.15, -0.1) is 11.8 Å². The van der Waals surface area contributed by atoms with E-state index < -0.39 is 0 Å². The number of ketones is 1. The number of hydrogen-bond acceptors (Lipinski definition) is 3. The Balaban J connectivity index is 2.12. The highest BCUT2D eigenvalue weighted by Crippen LogP contribution is 2.25. The van der Waals surface area contributed by atoms with Crippen LogP contribution in [0.5, 0.6) is 0 Å². The fourth-order valence-electron chi connectivity index (χ4n) is 1.85. The highest BCUT2D eigenvalue weighted by atomic mass is 32.2. The van der Waals surface area contributed by atoms with Crippen LogP contribution in [0.3, 0.4) is 0 Å². The Hall–Kier alpha value is -1.55. The first kappa shape index (κ1) is 13.9. The van der Waals surface area contributed by atoms with Crippen LogP contribution in [0.25, 0.3) is 0 Å². The van der Waals surface area contributed by atoms with Crippen molar-refractivity contribution in [3.8, 4) is 0 Å². The number of rotatable bonds is 4. The lowest BCUT2D eigenvalue weighted by Gasteiger charge is -2.10. The van der Waals surface area contributed by atoms with Crippen molar-refractivity contribution in [2.24, 2.45) is 7.05 Å². The maximum atomic E-state index is 12.4. The van der Waals surface area contributed by atoms with Gasteiger partial charge < -0.3 is 0 Å². The van der Waals surface area contributed by atoms with Gasteiger partial charge in [0.2, 0.25) is 0 Å². The van der Waals surface area contributed by atoms with Crippen molar-refractivity contribution in [3.05, 3.63) is 47.3 Å². The van der Waals surface area contributed by atoms with E-state index in [1.165, 1.54) is 5.56 Å². The van der Waals surface area contributed by atoms with Gasteiger partial charge in [-0.3, -0.25) is 9.48 Å². The number of benzene rings is 1. The molecule has 0 aliphatic heterocycles. The minimum atomic E-state index is -0.105. The third-order valence-corrected chi connectivity index (χ3v) is 4.21. The monoisotopic (exact) mass is 274 g/mol. The molecule has 2 aromatic rings. The predicted molar refractivity (Wildman–Crippen MR) is 78.8 cm³/mol. The molecule has 2 rings (SSSR count). The first-order valence-corrected chi connectivity index (χ1v) is 7.12. The molecule has 0 bridgehead atoms. The standard InChI is InChI=1S/C15H18N2OS/c1-10-5-6-13(7-11(10)2)15(18)12(3)19-14-8-16-17(4)9-14/h5-9,12H,1-4H3. The molecule has 0 aliphatic rings. The number of aromatic nitrogens is 2. The van der Waals surface area contributed by atoms with Crippen molar-refractivity contribution >= 4 is 17.5 Å². The van der Waals surface area contributed by atoms with Crippen molar-refractivity contribution < 1.29 is 4.79 Å². The fraction of sp³-hybridized carbons (Fsp3) is 0.333. The highest BCUT2D eigenvalue weighted by molar-refractivity contribution is 8.00. The van der Waals surface area contributed by atoms with Gasteiger partial charge in [-0.25, -0.2) is 0 Å². The third kappa shape index (κ3) is 3.26. The molecular formula is C15H18N2OS. The molecule has 0 amide bonds. The zero-order valence-corrected chi connectivity index (χ0v) is 12.5. The summed E-state index contributed by atoms with van der Waals surface area (Å²) in [6, 6.07) is 5.88. The van der Waals surface area contributed by atoms with Gasteiger partial charge in [0.15, 0.2) is 5.78 Å². The average Bonchev–Trinajstić information content (AvgIpc) is 2.77. The van der Waals surface area contributed by atoms with Crippen LogP contribution in [0, 0.1) is 13.8 Å². The van der Waals surface area contributed by atoms with E-state index in [0.717, 1.165) is 16.0 Å². The van der Waals surface area contributed by atoms with Gasteiger partial charge in [0.05, 0.1) is 11.4 Å². The van der Waals surface area contributed by atoms with Gasteiger partial charge in [0, 0.05) is 23.7 Å². The Morgan fingerprint density at radius 2 is 2.05 bits per heavy atom. The van der Waals surface area contributed by atoms with Crippen LogP contribution in [0.15, 0.2) is 35.5 Å². The molecule has 1 heterocycles. The SMILES string of the molecule is Cc1ccc(C(=O)C(C)Sc2cnn(C)c2)cc1C. The Kier molecular flexibility index (Phi) is 4.10. The molecule has 100 valence electrons. The molecule has 0 N–H and O–H groups in total. The summed E-state index contributed by atoms with van der Waals surface area (Å²) in [4.78, 5) is 13.4. The Bertz CT molecular complexity index is 604. The molecule has 0 spiro atoms. The number of carbonyl (C=O) groups excluding carboxylic acids is 1. The maximum absolute atomic E-state index is 12.4. The second kappa shape index (κ2) is 5.61. The van der Waals surface area contributed by atoms with Gasteiger partial charge in [-0.2, -0.15) is 5.10 Å².